The minimum atomic E-state index is -0.303. The molecule has 0 radical (unpaired) electrons. The van der Waals surface area contributed by atoms with Crippen molar-refractivity contribution < 1.29 is 9.90 Å². The second-order valence-electron chi connectivity index (χ2n) is 7.26. The molecule has 0 saturated carbocycles. The molecule has 138 valence electrons. The molecule has 3 atom stereocenters. The molecule has 0 unspecified atom stereocenters. The quantitative estimate of drug-likeness (QED) is 0.721. The number of aliphatic hydroxyl groups is 1. The van der Waals surface area contributed by atoms with Crippen LogP contribution >= 0.6 is 0 Å². The first-order valence-corrected chi connectivity index (χ1v) is 9.07. The molecule has 1 saturated heterocycles. The van der Waals surface area contributed by atoms with Gasteiger partial charge in [0, 0.05) is 55.3 Å². The van der Waals surface area contributed by atoms with Crippen LogP contribution in [0.3, 0.4) is 0 Å². The molecule has 3 aromatic rings. The summed E-state index contributed by atoms with van der Waals surface area (Å²) in [5, 5.41) is 9.92. The third kappa shape index (κ3) is 2.48. The normalized spacial score (nSPS) is 24.0. The number of aliphatic hydroxyl groups excluding tert-OH is 1. The smallest absolute Gasteiger partial charge is 0.274 e. The van der Waals surface area contributed by atoms with E-state index in [1.54, 1.807) is 38.4 Å². The monoisotopic (exact) mass is 365 g/mol. The summed E-state index contributed by atoms with van der Waals surface area (Å²) in [6.45, 7) is 0.926. The topological polar surface area (TPSA) is 92.7 Å². The van der Waals surface area contributed by atoms with E-state index in [-0.39, 0.29) is 36.0 Å². The van der Waals surface area contributed by atoms with Crippen molar-refractivity contribution in [1.82, 2.24) is 23.8 Å². The molecule has 2 bridgehead atoms. The van der Waals surface area contributed by atoms with Crippen molar-refractivity contribution in [2.24, 2.45) is 5.92 Å². The molecule has 2 aliphatic heterocycles. The zero-order valence-corrected chi connectivity index (χ0v) is 14.6. The van der Waals surface area contributed by atoms with E-state index < -0.39 is 0 Å². The summed E-state index contributed by atoms with van der Waals surface area (Å²) in [7, 11) is 0. The summed E-state index contributed by atoms with van der Waals surface area (Å²) in [4.78, 5) is 35.7. The van der Waals surface area contributed by atoms with Crippen LogP contribution in [-0.4, -0.2) is 54.5 Å². The van der Waals surface area contributed by atoms with Crippen LogP contribution in [0.2, 0.25) is 0 Å². The van der Waals surface area contributed by atoms with E-state index >= 15 is 0 Å². The Hall–Kier alpha value is -3.00. The van der Waals surface area contributed by atoms with Crippen molar-refractivity contribution in [3.05, 3.63) is 64.6 Å². The van der Waals surface area contributed by atoms with Crippen molar-refractivity contribution in [1.29, 1.82) is 0 Å². The summed E-state index contributed by atoms with van der Waals surface area (Å²) in [5.41, 5.74) is 1.17. The van der Waals surface area contributed by atoms with Gasteiger partial charge in [0.1, 0.15) is 5.69 Å². The Morgan fingerprint density at radius 1 is 1.26 bits per heavy atom. The first-order chi connectivity index (χ1) is 13.2. The fourth-order valence-electron chi connectivity index (χ4n) is 4.54. The van der Waals surface area contributed by atoms with Gasteiger partial charge in [-0.05, 0) is 18.6 Å². The molecule has 5 heterocycles. The van der Waals surface area contributed by atoms with Crippen LogP contribution in [0.1, 0.15) is 34.6 Å². The SMILES string of the molecule is O=C(c1cn2cccnc2n1)N1C[C@H]2C[C@@H](C1)[C@H](CO)n1c2cccc1=O. The number of imidazole rings is 1. The molecule has 1 amide bonds. The second kappa shape index (κ2) is 6.02. The molecule has 1 fully saturated rings. The number of aromatic nitrogens is 4. The molecule has 8 heteroatoms. The highest BCUT2D eigenvalue weighted by molar-refractivity contribution is 5.93. The molecule has 27 heavy (non-hydrogen) atoms. The summed E-state index contributed by atoms with van der Waals surface area (Å²) < 4.78 is 3.44. The zero-order valence-electron chi connectivity index (χ0n) is 14.6. The fourth-order valence-corrected chi connectivity index (χ4v) is 4.54. The number of hydrogen-bond acceptors (Lipinski definition) is 5. The fraction of sp³-hybridized carbons (Fsp3) is 0.368. The van der Waals surface area contributed by atoms with Gasteiger partial charge < -0.3 is 14.6 Å². The van der Waals surface area contributed by atoms with E-state index in [1.165, 1.54) is 6.07 Å². The molecule has 8 nitrogen and oxygen atoms in total. The largest absolute Gasteiger partial charge is 0.394 e. The Morgan fingerprint density at radius 3 is 2.96 bits per heavy atom. The summed E-state index contributed by atoms with van der Waals surface area (Å²) in [6, 6.07) is 6.68. The van der Waals surface area contributed by atoms with Crippen LogP contribution in [0.25, 0.3) is 5.78 Å². The van der Waals surface area contributed by atoms with Crippen LogP contribution in [0, 0.1) is 5.92 Å². The van der Waals surface area contributed by atoms with Gasteiger partial charge >= 0.3 is 0 Å². The maximum absolute atomic E-state index is 13.1. The molecular weight excluding hydrogens is 346 g/mol. The molecule has 1 N–H and O–H groups in total. The van der Waals surface area contributed by atoms with E-state index in [4.69, 9.17) is 0 Å². The predicted molar refractivity (Wildman–Crippen MR) is 96.6 cm³/mol. The van der Waals surface area contributed by atoms with Gasteiger partial charge in [-0.15, -0.1) is 0 Å². The maximum Gasteiger partial charge on any atom is 0.274 e. The molecule has 5 rings (SSSR count). The average molecular weight is 365 g/mol. The van der Waals surface area contributed by atoms with Crippen LogP contribution in [0.15, 0.2) is 47.7 Å². The van der Waals surface area contributed by atoms with Crippen LogP contribution in [0.4, 0.5) is 0 Å². The van der Waals surface area contributed by atoms with Gasteiger partial charge in [0.15, 0.2) is 0 Å². The van der Waals surface area contributed by atoms with Gasteiger partial charge in [0.2, 0.25) is 5.78 Å². The van der Waals surface area contributed by atoms with Crippen molar-refractivity contribution in [3.8, 4) is 0 Å². The van der Waals surface area contributed by atoms with Gasteiger partial charge in [-0.3, -0.25) is 14.0 Å². The Bertz CT molecular complexity index is 1060. The summed E-state index contributed by atoms with van der Waals surface area (Å²) in [5.74, 6) is 0.474. The average Bonchev–Trinajstić information content (AvgIpc) is 3.12. The lowest BCUT2D eigenvalue weighted by molar-refractivity contribution is 0.0433. The highest BCUT2D eigenvalue weighted by Crippen LogP contribution is 2.41. The highest BCUT2D eigenvalue weighted by Gasteiger charge is 2.41. The number of fused-ring (bicyclic) bond motifs is 5. The number of nitrogens with zero attached hydrogens (tertiary/aromatic N) is 5. The third-order valence-electron chi connectivity index (χ3n) is 5.73. The lowest BCUT2D eigenvalue weighted by atomic mass is 9.78. The Balaban J connectivity index is 1.50. The number of pyridine rings is 1. The summed E-state index contributed by atoms with van der Waals surface area (Å²) in [6.07, 6.45) is 6.01. The molecule has 0 aromatic carbocycles. The van der Waals surface area contributed by atoms with Gasteiger partial charge in [-0.2, -0.15) is 0 Å². The number of rotatable bonds is 2. The summed E-state index contributed by atoms with van der Waals surface area (Å²) >= 11 is 0. The van der Waals surface area contributed by atoms with E-state index in [0.717, 1.165) is 12.1 Å². The lowest BCUT2D eigenvalue weighted by Gasteiger charge is -2.46. The minimum Gasteiger partial charge on any atom is -0.394 e. The molecule has 0 aliphatic carbocycles. The van der Waals surface area contributed by atoms with Crippen molar-refractivity contribution in [2.45, 2.75) is 18.4 Å². The third-order valence-corrected chi connectivity index (χ3v) is 5.73. The lowest BCUT2D eigenvalue weighted by Crippen LogP contribution is -2.51. The zero-order chi connectivity index (χ0) is 18.5. The predicted octanol–water partition coefficient (Wildman–Crippen LogP) is 0.684. The van der Waals surface area contributed by atoms with Crippen LogP contribution in [-0.2, 0) is 0 Å². The molecular formula is C19H19N5O3. The first-order valence-electron chi connectivity index (χ1n) is 9.07. The second-order valence-corrected chi connectivity index (χ2v) is 7.26. The number of hydrogen-bond donors (Lipinski definition) is 1. The van der Waals surface area contributed by atoms with Crippen LogP contribution < -0.4 is 5.56 Å². The number of likely N-dealkylation sites (tertiary alicyclic amines) is 1. The van der Waals surface area contributed by atoms with Gasteiger partial charge in [-0.1, -0.05) is 6.07 Å². The van der Waals surface area contributed by atoms with Crippen LogP contribution in [0.5, 0.6) is 0 Å². The Kier molecular flexibility index (Phi) is 3.61. The minimum absolute atomic E-state index is 0.0421. The Morgan fingerprint density at radius 2 is 2.15 bits per heavy atom. The van der Waals surface area contributed by atoms with Crippen molar-refractivity contribution in [2.75, 3.05) is 19.7 Å². The number of amides is 1. The Labute approximate surface area is 154 Å². The van der Waals surface area contributed by atoms with E-state index in [9.17, 15) is 14.7 Å². The first kappa shape index (κ1) is 16.2. The van der Waals surface area contributed by atoms with Gasteiger partial charge in [0.05, 0.1) is 12.6 Å². The maximum atomic E-state index is 13.1. The number of carbonyl (C=O) groups is 1. The number of piperidine rings is 1. The van der Waals surface area contributed by atoms with Crippen molar-refractivity contribution >= 4 is 11.7 Å². The van der Waals surface area contributed by atoms with E-state index in [2.05, 4.69) is 9.97 Å². The molecule has 0 spiro atoms. The van der Waals surface area contributed by atoms with Crippen molar-refractivity contribution in [3.63, 3.8) is 0 Å². The van der Waals surface area contributed by atoms with E-state index in [0.29, 0.717) is 24.6 Å². The molecule has 3 aromatic heterocycles. The number of carbonyl (C=O) groups excluding carboxylic acids is 1. The highest BCUT2D eigenvalue weighted by atomic mass is 16.3. The standard InChI is InChI=1S/C19H19N5O3/c25-11-16-13-7-12(15-3-1-4-17(26)24(15)16)8-23(9-13)18(27)14-10-22-6-2-5-20-19(22)21-14/h1-6,10,12-13,16,25H,7-9,11H2/t12-,13+,16+/m1/s1. The van der Waals surface area contributed by atoms with Gasteiger partial charge in [0.25, 0.3) is 11.5 Å². The van der Waals surface area contributed by atoms with E-state index in [1.807, 2.05) is 12.3 Å². The van der Waals surface area contributed by atoms with Gasteiger partial charge in [-0.25, -0.2) is 9.97 Å². The molecule has 2 aliphatic rings.